The maximum Gasteiger partial charge on any atom is 0.0385 e. The van der Waals surface area contributed by atoms with Gasteiger partial charge in [-0.2, -0.15) is 0 Å². The van der Waals surface area contributed by atoms with E-state index in [1.807, 2.05) is 0 Å². The van der Waals surface area contributed by atoms with Crippen LogP contribution in [0.25, 0.3) is 10.4 Å². The summed E-state index contributed by atoms with van der Waals surface area (Å²) >= 11 is 0. The maximum absolute atomic E-state index is 10.9. The maximum atomic E-state index is 10.9. The van der Waals surface area contributed by atoms with Crippen LogP contribution in [-0.4, -0.2) is 46.8 Å². The first kappa shape index (κ1) is 9.51. The number of nitrogens with zero attached hydrogens (tertiary/aromatic N) is 4. The van der Waals surface area contributed by atoms with Crippen LogP contribution in [-0.2, 0) is 10.8 Å². The van der Waals surface area contributed by atoms with E-state index in [4.69, 9.17) is 5.53 Å². The van der Waals surface area contributed by atoms with Gasteiger partial charge >= 0.3 is 0 Å². The highest BCUT2D eigenvalue weighted by Gasteiger charge is 2.13. The van der Waals surface area contributed by atoms with Crippen molar-refractivity contribution in [2.75, 3.05) is 37.7 Å². The number of hydrogen-bond donors (Lipinski definition) is 0. The van der Waals surface area contributed by atoms with Crippen LogP contribution in [0, 0.1) is 0 Å². The average molecular weight is 188 g/mol. The summed E-state index contributed by atoms with van der Waals surface area (Å²) in [6.45, 7) is 3.05. The quantitative estimate of drug-likeness (QED) is 0.364. The monoisotopic (exact) mass is 188 g/mol. The van der Waals surface area contributed by atoms with E-state index in [-0.39, 0.29) is 0 Å². The minimum absolute atomic E-state index is 0.517. The number of rotatable bonds is 3. The molecule has 0 spiro atoms. The first-order valence-corrected chi connectivity index (χ1v) is 5.40. The lowest BCUT2D eigenvalue weighted by Gasteiger charge is -2.24. The van der Waals surface area contributed by atoms with Crippen LogP contribution in [0.1, 0.15) is 0 Å². The zero-order chi connectivity index (χ0) is 8.81. The molecule has 0 unspecified atom stereocenters. The molecule has 1 aliphatic rings. The summed E-state index contributed by atoms with van der Waals surface area (Å²) < 4.78 is 10.9. The summed E-state index contributed by atoms with van der Waals surface area (Å²) in [5, 5.41) is 3.45. The second-order valence-corrected chi connectivity index (χ2v) is 4.34. The molecule has 0 saturated carbocycles. The first-order valence-electron chi connectivity index (χ1n) is 3.91. The third kappa shape index (κ3) is 3.21. The molecule has 68 valence electrons. The predicted octanol–water partition coefficient (Wildman–Crippen LogP) is 0.361. The van der Waals surface area contributed by atoms with Crippen LogP contribution in [0.2, 0.25) is 0 Å². The average Bonchev–Trinajstić information content (AvgIpc) is 2.09. The van der Waals surface area contributed by atoms with Crippen LogP contribution in [0.15, 0.2) is 5.11 Å². The third-order valence-corrected chi connectivity index (χ3v) is 3.13. The summed E-state index contributed by atoms with van der Waals surface area (Å²) in [4.78, 5) is 4.85. The molecule has 6 heteroatoms. The predicted molar refractivity (Wildman–Crippen MR) is 48.3 cm³/mol. The van der Waals surface area contributed by atoms with Gasteiger partial charge in [-0.15, -0.1) is 0 Å². The molecule has 0 atom stereocenters. The lowest BCUT2D eigenvalue weighted by atomic mass is 10.4. The van der Waals surface area contributed by atoms with Crippen molar-refractivity contribution < 1.29 is 4.21 Å². The van der Waals surface area contributed by atoms with Gasteiger partial charge in [0.05, 0.1) is 0 Å². The van der Waals surface area contributed by atoms with Gasteiger partial charge in [0.1, 0.15) is 0 Å². The van der Waals surface area contributed by atoms with E-state index in [9.17, 15) is 4.21 Å². The fraction of sp³-hybridized carbons (Fsp3) is 1.00. The molecule has 0 aliphatic carbocycles. The largest absolute Gasteiger partial charge is 0.301 e. The zero-order valence-corrected chi connectivity index (χ0v) is 7.66. The molecular weight excluding hydrogens is 176 g/mol. The Balaban J connectivity index is 2.17. The van der Waals surface area contributed by atoms with Crippen molar-refractivity contribution in [2.24, 2.45) is 5.11 Å². The van der Waals surface area contributed by atoms with E-state index >= 15 is 0 Å². The van der Waals surface area contributed by atoms with Crippen molar-refractivity contribution >= 4 is 10.8 Å². The normalized spacial score (nSPS) is 20.3. The van der Waals surface area contributed by atoms with Gasteiger partial charge in [-0.3, -0.25) is 4.21 Å². The second-order valence-electron chi connectivity index (χ2n) is 2.64. The Kier molecular flexibility index (Phi) is 4.07. The number of azide groups is 1. The van der Waals surface area contributed by atoms with Crippen LogP contribution < -0.4 is 0 Å². The van der Waals surface area contributed by atoms with Crippen molar-refractivity contribution in [3.8, 4) is 0 Å². The Labute approximate surface area is 73.8 Å². The molecule has 5 nitrogen and oxygen atoms in total. The van der Waals surface area contributed by atoms with Gasteiger partial charge in [0.15, 0.2) is 0 Å². The first-order chi connectivity index (χ1) is 5.83. The van der Waals surface area contributed by atoms with E-state index in [1.165, 1.54) is 0 Å². The molecule has 0 aromatic rings. The molecule has 0 amide bonds. The summed E-state index contributed by atoms with van der Waals surface area (Å²) in [6.07, 6.45) is 0. The van der Waals surface area contributed by atoms with Crippen molar-refractivity contribution in [1.29, 1.82) is 0 Å². The van der Waals surface area contributed by atoms with E-state index < -0.39 is 10.8 Å². The van der Waals surface area contributed by atoms with Crippen LogP contribution in [0.5, 0.6) is 0 Å². The fourth-order valence-corrected chi connectivity index (χ4v) is 2.26. The van der Waals surface area contributed by atoms with Crippen LogP contribution in [0.4, 0.5) is 0 Å². The standard InChI is InChI=1S/C6H12N4OS/c7-9-8-1-2-10-3-5-12(11)6-4-10/h1-6H2. The summed E-state index contributed by atoms with van der Waals surface area (Å²) in [7, 11) is -0.613. The zero-order valence-electron chi connectivity index (χ0n) is 6.85. The van der Waals surface area contributed by atoms with Gasteiger partial charge in [0.25, 0.3) is 0 Å². The van der Waals surface area contributed by atoms with Gasteiger partial charge in [-0.05, 0) is 5.53 Å². The summed E-state index contributed by atoms with van der Waals surface area (Å²) in [5.41, 5.74) is 8.03. The lowest BCUT2D eigenvalue weighted by Crippen LogP contribution is -2.38. The lowest BCUT2D eigenvalue weighted by molar-refractivity contribution is 0.308. The van der Waals surface area contributed by atoms with Crippen molar-refractivity contribution in [3.05, 3.63) is 10.4 Å². The summed E-state index contributed by atoms with van der Waals surface area (Å²) in [6, 6.07) is 0. The minimum Gasteiger partial charge on any atom is -0.301 e. The van der Waals surface area contributed by atoms with Gasteiger partial charge in [-0.1, -0.05) is 5.11 Å². The van der Waals surface area contributed by atoms with Gasteiger partial charge in [0.2, 0.25) is 0 Å². The van der Waals surface area contributed by atoms with Gasteiger partial charge < -0.3 is 4.90 Å². The molecule has 0 N–H and O–H groups in total. The highest BCUT2D eigenvalue weighted by Crippen LogP contribution is 1.98. The van der Waals surface area contributed by atoms with E-state index in [0.717, 1.165) is 31.1 Å². The van der Waals surface area contributed by atoms with Crippen molar-refractivity contribution in [1.82, 2.24) is 4.90 Å². The Morgan fingerprint density at radius 3 is 2.75 bits per heavy atom. The summed E-state index contributed by atoms with van der Waals surface area (Å²) in [5.74, 6) is 1.52. The van der Waals surface area contributed by atoms with Crippen molar-refractivity contribution in [3.63, 3.8) is 0 Å². The molecular formula is C6H12N4OS. The SMILES string of the molecule is [N-]=[N+]=NCCN1CCS(=O)CC1. The van der Waals surface area contributed by atoms with Gasteiger partial charge in [0, 0.05) is 53.4 Å². The highest BCUT2D eigenvalue weighted by atomic mass is 32.2. The Hall–Kier alpha value is -0.580. The van der Waals surface area contributed by atoms with E-state index in [0.29, 0.717) is 6.54 Å². The molecule has 12 heavy (non-hydrogen) atoms. The molecule has 1 heterocycles. The Morgan fingerprint density at radius 1 is 1.50 bits per heavy atom. The number of hydrogen-bond acceptors (Lipinski definition) is 3. The molecule has 0 aromatic heterocycles. The van der Waals surface area contributed by atoms with Gasteiger partial charge in [-0.25, -0.2) is 0 Å². The molecule has 0 bridgehead atoms. The Morgan fingerprint density at radius 2 is 2.17 bits per heavy atom. The molecule has 1 saturated heterocycles. The fourth-order valence-electron chi connectivity index (χ4n) is 1.13. The molecule has 0 aromatic carbocycles. The van der Waals surface area contributed by atoms with Crippen LogP contribution in [0.3, 0.4) is 0 Å². The Bertz CT molecular complexity index is 204. The van der Waals surface area contributed by atoms with Crippen molar-refractivity contribution in [2.45, 2.75) is 0 Å². The minimum atomic E-state index is -0.613. The molecule has 1 rings (SSSR count). The topological polar surface area (TPSA) is 69.1 Å². The highest BCUT2D eigenvalue weighted by molar-refractivity contribution is 7.85. The van der Waals surface area contributed by atoms with Crippen LogP contribution >= 0.6 is 0 Å². The third-order valence-electron chi connectivity index (χ3n) is 1.85. The molecule has 1 aliphatic heterocycles. The smallest absolute Gasteiger partial charge is 0.0385 e. The molecule has 0 radical (unpaired) electrons. The second kappa shape index (κ2) is 5.13. The van der Waals surface area contributed by atoms with E-state index in [2.05, 4.69) is 14.9 Å². The van der Waals surface area contributed by atoms with E-state index in [1.54, 1.807) is 0 Å². The molecule has 1 fully saturated rings.